The van der Waals surface area contributed by atoms with E-state index in [9.17, 15) is 9.90 Å². The number of carbonyl (C=O) groups excluding carboxylic acids is 1. The van der Waals surface area contributed by atoms with Gasteiger partial charge in [-0.25, -0.2) is 0 Å². The fraction of sp³-hybridized carbons (Fsp3) is 0.588. The molecule has 4 nitrogen and oxygen atoms in total. The highest BCUT2D eigenvalue weighted by atomic mass is 16.3. The highest BCUT2D eigenvalue weighted by Crippen LogP contribution is 2.18. The third kappa shape index (κ3) is 4.21. The monoisotopic (exact) mass is 290 g/mol. The van der Waals surface area contributed by atoms with Gasteiger partial charge < -0.3 is 14.9 Å². The number of benzene rings is 1. The average Bonchev–Trinajstić information content (AvgIpc) is 2.48. The summed E-state index contributed by atoms with van der Waals surface area (Å²) >= 11 is 0. The predicted molar refractivity (Wildman–Crippen MR) is 85.5 cm³/mol. The van der Waals surface area contributed by atoms with Crippen molar-refractivity contribution in [3.63, 3.8) is 0 Å². The summed E-state index contributed by atoms with van der Waals surface area (Å²) in [6.45, 7) is 3.37. The molecule has 1 fully saturated rings. The smallest absolute Gasteiger partial charge is 0.222 e. The molecular formula is C17H26N2O2. The number of hydrogen-bond donors (Lipinski definition) is 1. The Balaban J connectivity index is 1.83. The Morgan fingerprint density at radius 1 is 1.33 bits per heavy atom. The number of aliphatic hydroxyl groups is 1. The van der Waals surface area contributed by atoms with Crippen molar-refractivity contribution in [3.8, 4) is 0 Å². The van der Waals surface area contributed by atoms with E-state index in [0.717, 1.165) is 6.42 Å². The van der Waals surface area contributed by atoms with E-state index in [1.807, 2.05) is 25.9 Å². The lowest BCUT2D eigenvalue weighted by atomic mass is 9.96. The van der Waals surface area contributed by atoms with Crippen LogP contribution in [0.25, 0.3) is 0 Å². The van der Waals surface area contributed by atoms with E-state index in [-0.39, 0.29) is 17.9 Å². The number of hydrogen-bond acceptors (Lipinski definition) is 3. The van der Waals surface area contributed by atoms with Gasteiger partial charge in [-0.1, -0.05) is 19.1 Å². The van der Waals surface area contributed by atoms with Crippen LogP contribution in [-0.2, 0) is 11.2 Å². The van der Waals surface area contributed by atoms with Crippen LogP contribution in [0.1, 0.15) is 25.3 Å². The lowest BCUT2D eigenvalue weighted by molar-refractivity contribution is -0.134. The van der Waals surface area contributed by atoms with Gasteiger partial charge in [-0.05, 0) is 36.5 Å². The molecule has 0 radical (unpaired) electrons. The first-order valence-corrected chi connectivity index (χ1v) is 7.69. The van der Waals surface area contributed by atoms with Crippen molar-refractivity contribution < 1.29 is 9.90 Å². The van der Waals surface area contributed by atoms with Crippen molar-refractivity contribution >= 4 is 11.6 Å². The molecule has 0 aromatic heterocycles. The van der Waals surface area contributed by atoms with E-state index in [4.69, 9.17) is 0 Å². The Morgan fingerprint density at radius 3 is 2.57 bits per heavy atom. The minimum Gasteiger partial charge on any atom is -0.393 e. The molecule has 2 rings (SSSR count). The van der Waals surface area contributed by atoms with Crippen LogP contribution in [0.5, 0.6) is 0 Å². The van der Waals surface area contributed by atoms with E-state index in [2.05, 4.69) is 29.2 Å². The topological polar surface area (TPSA) is 43.8 Å². The number of rotatable bonds is 4. The number of carbonyl (C=O) groups is 1. The quantitative estimate of drug-likeness (QED) is 0.921. The van der Waals surface area contributed by atoms with Gasteiger partial charge in [0.25, 0.3) is 0 Å². The molecule has 2 unspecified atom stereocenters. The molecule has 21 heavy (non-hydrogen) atoms. The van der Waals surface area contributed by atoms with E-state index >= 15 is 0 Å². The number of aliphatic hydroxyl groups excluding tert-OH is 1. The average molecular weight is 290 g/mol. The largest absolute Gasteiger partial charge is 0.393 e. The van der Waals surface area contributed by atoms with Gasteiger partial charge in [0.05, 0.1) is 6.10 Å². The maximum Gasteiger partial charge on any atom is 0.222 e. The molecule has 1 saturated heterocycles. The van der Waals surface area contributed by atoms with Crippen LogP contribution in [0.4, 0.5) is 5.69 Å². The lowest BCUT2D eigenvalue weighted by Gasteiger charge is -2.34. The molecule has 0 aliphatic carbocycles. The molecule has 1 aromatic rings. The fourth-order valence-electron chi connectivity index (χ4n) is 2.73. The molecule has 116 valence electrons. The van der Waals surface area contributed by atoms with Crippen molar-refractivity contribution in [2.45, 2.75) is 32.3 Å². The molecule has 1 aliphatic rings. The van der Waals surface area contributed by atoms with E-state index in [1.165, 1.54) is 11.3 Å². The summed E-state index contributed by atoms with van der Waals surface area (Å²) in [4.78, 5) is 16.2. The van der Waals surface area contributed by atoms with Crippen molar-refractivity contribution in [2.75, 3.05) is 32.1 Å². The molecule has 1 aromatic carbocycles. The SMILES string of the molecule is CC1CN(C(=O)CCc2ccc(N(C)C)cc2)CCC1O. The Hall–Kier alpha value is -1.55. The van der Waals surface area contributed by atoms with Gasteiger partial charge in [-0.2, -0.15) is 0 Å². The van der Waals surface area contributed by atoms with Crippen molar-refractivity contribution in [1.82, 2.24) is 4.90 Å². The van der Waals surface area contributed by atoms with Crippen molar-refractivity contribution in [1.29, 1.82) is 0 Å². The van der Waals surface area contributed by atoms with Crippen LogP contribution < -0.4 is 4.90 Å². The third-order valence-electron chi connectivity index (χ3n) is 4.29. The molecule has 0 bridgehead atoms. The van der Waals surface area contributed by atoms with Crippen LogP contribution in [0, 0.1) is 5.92 Å². The van der Waals surface area contributed by atoms with Gasteiger partial charge in [0.15, 0.2) is 0 Å². The van der Waals surface area contributed by atoms with Crippen molar-refractivity contribution in [3.05, 3.63) is 29.8 Å². The van der Waals surface area contributed by atoms with Gasteiger partial charge in [0.2, 0.25) is 5.91 Å². The second kappa shape index (κ2) is 6.94. The molecule has 1 aliphatic heterocycles. The van der Waals surface area contributed by atoms with Gasteiger partial charge in [0, 0.05) is 39.3 Å². The highest BCUT2D eigenvalue weighted by Gasteiger charge is 2.26. The molecular weight excluding hydrogens is 264 g/mol. The number of amides is 1. The van der Waals surface area contributed by atoms with Crippen LogP contribution in [-0.4, -0.2) is 49.2 Å². The standard InChI is InChI=1S/C17H26N2O2/c1-13-12-19(11-10-16(13)20)17(21)9-6-14-4-7-15(8-5-14)18(2)3/h4-5,7-8,13,16,20H,6,9-12H2,1-3H3. The van der Waals surface area contributed by atoms with Crippen LogP contribution in [0.3, 0.4) is 0 Å². The predicted octanol–water partition coefficient (Wildman–Crippen LogP) is 1.91. The first-order chi connectivity index (χ1) is 9.97. The van der Waals surface area contributed by atoms with Gasteiger partial charge >= 0.3 is 0 Å². The van der Waals surface area contributed by atoms with Gasteiger partial charge in [-0.3, -0.25) is 4.79 Å². The van der Waals surface area contributed by atoms with Crippen molar-refractivity contribution in [2.24, 2.45) is 5.92 Å². The minimum atomic E-state index is -0.257. The van der Waals surface area contributed by atoms with E-state index < -0.39 is 0 Å². The summed E-state index contributed by atoms with van der Waals surface area (Å²) in [6.07, 6.45) is 1.77. The lowest BCUT2D eigenvalue weighted by Crippen LogP contribution is -2.45. The van der Waals surface area contributed by atoms with E-state index in [0.29, 0.717) is 25.9 Å². The zero-order chi connectivity index (χ0) is 15.4. The maximum atomic E-state index is 12.2. The second-order valence-electron chi connectivity index (χ2n) is 6.23. The Bertz CT molecular complexity index is 470. The third-order valence-corrected chi connectivity index (χ3v) is 4.29. The number of piperidine rings is 1. The Kier molecular flexibility index (Phi) is 5.23. The summed E-state index contributed by atoms with van der Waals surface area (Å²) in [5.41, 5.74) is 2.36. The molecule has 0 saturated carbocycles. The first-order valence-electron chi connectivity index (χ1n) is 7.69. The summed E-state index contributed by atoms with van der Waals surface area (Å²) in [6, 6.07) is 8.34. The Morgan fingerprint density at radius 2 is 2.00 bits per heavy atom. The summed E-state index contributed by atoms with van der Waals surface area (Å²) in [5, 5.41) is 9.71. The summed E-state index contributed by atoms with van der Waals surface area (Å²) in [7, 11) is 4.04. The fourth-order valence-corrected chi connectivity index (χ4v) is 2.73. The molecule has 0 spiro atoms. The number of anilines is 1. The normalized spacial score (nSPS) is 22.2. The van der Waals surface area contributed by atoms with E-state index in [1.54, 1.807) is 0 Å². The summed E-state index contributed by atoms with van der Waals surface area (Å²) in [5.74, 6) is 0.382. The molecule has 2 atom stereocenters. The molecule has 1 N–H and O–H groups in total. The summed E-state index contributed by atoms with van der Waals surface area (Å²) < 4.78 is 0. The number of aryl methyl sites for hydroxylation is 1. The highest BCUT2D eigenvalue weighted by molar-refractivity contribution is 5.76. The van der Waals surface area contributed by atoms with Gasteiger partial charge in [-0.15, -0.1) is 0 Å². The molecule has 1 heterocycles. The molecule has 4 heteroatoms. The maximum absolute atomic E-state index is 12.2. The van der Waals surface area contributed by atoms with Gasteiger partial charge in [0.1, 0.15) is 0 Å². The van der Waals surface area contributed by atoms with Crippen LogP contribution in [0.2, 0.25) is 0 Å². The Labute approximate surface area is 127 Å². The van der Waals surface area contributed by atoms with Crippen LogP contribution >= 0.6 is 0 Å². The minimum absolute atomic E-state index is 0.182. The number of nitrogens with zero attached hydrogens (tertiary/aromatic N) is 2. The zero-order valence-corrected chi connectivity index (χ0v) is 13.2. The molecule has 1 amide bonds. The first kappa shape index (κ1) is 15.8. The number of likely N-dealkylation sites (tertiary alicyclic amines) is 1. The second-order valence-corrected chi connectivity index (χ2v) is 6.23. The van der Waals surface area contributed by atoms with Crippen LogP contribution in [0.15, 0.2) is 24.3 Å². The zero-order valence-electron chi connectivity index (χ0n) is 13.2.